The number of halogens is 1. The number of rotatable bonds is 2. The molecule has 0 unspecified atom stereocenters. The maximum Gasteiger partial charge on any atom is 0.257 e. The molecule has 0 spiro atoms. The number of carbonyl (C=O) groups is 1. The molecule has 0 radical (unpaired) electrons. The van der Waals surface area contributed by atoms with Crippen molar-refractivity contribution >= 4 is 29.0 Å². The molecule has 1 amide bonds. The number of anilines is 2. The molecule has 0 aliphatic heterocycles. The Morgan fingerprint density at radius 3 is 2.68 bits per heavy atom. The van der Waals surface area contributed by atoms with Crippen LogP contribution in [0.3, 0.4) is 0 Å². The van der Waals surface area contributed by atoms with Crippen LogP contribution in [-0.2, 0) is 7.05 Å². The van der Waals surface area contributed by atoms with Crippen LogP contribution in [0, 0.1) is 13.8 Å². The summed E-state index contributed by atoms with van der Waals surface area (Å²) in [6, 6.07) is 5.20. The summed E-state index contributed by atoms with van der Waals surface area (Å²) in [6.45, 7) is 3.59. The van der Waals surface area contributed by atoms with Gasteiger partial charge in [0.05, 0.1) is 11.4 Å². The van der Waals surface area contributed by atoms with Gasteiger partial charge in [-0.15, -0.1) is 0 Å². The third-order valence-corrected chi connectivity index (χ3v) is 3.42. The van der Waals surface area contributed by atoms with E-state index in [2.05, 4.69) is 10.4 Å². The first-order valence-corrected chi connectivity index (χ1v) is 6.15. The zero-order valence-corrected chi connectivity index (χ0v) is 11.7. The molecule has 2 rings (SSSR count). The van der Waals surface area contributed by atoms with E-state index < -0.39 is 0 Å². The second kappa shape index (κ2) is 4.93. The van der Waals surface area contributed by atoms with Gasteiger partial charge < -0.3 is 11.1 Å². The lowest BCUT2D eigenvalue weighted by Crippen LogP contribution is -2.16. The van der Waals surface area contributed by atoms with E-state index in [4.69, 9.17) is 17.3 Å². The Bertz CT molecular complexity index is 648. The standard InChI is InChI=1S/C13H15ClN4O/c1-7-9(5-4-6-10(7)14)13(19)16-12-11(15)8(2)17-18(12)3/h4-6H,15H2,1-3H3,(H,16,19). The highest BCUT2D eigenvalue weighted by Crippen LogP contribution is 2.23. The van der Waals surface area contributed by atoms with E-state index in [0.29, 0.717) is 27.8 Å². The Morgan fingerprint density at radius 2 is 2.11 bits per heavy atom. The normalized spacial score (nSPS) is 10.5. The summed E-state index contributed by atoms with van der Waals surface area (Å²) < 4.78 is 1.54. The molecule has 2 aromatic rings. The molecule has 0 saturated heterocycles. The lowest BCUT2D eigenvalue weighted by Gasteiger charge is -2.09. The van der Waals surface area contributed by atoms with Crippen molar-refractivity contribution in [2.45, 2.75) is 13.8 Å². The van der Waals surface area contributed by atoms with Gasteiger partial charge in [-0.2, -0.15) is 5.10 Å². The van der Waals surface area contributed by atoms with Gasteiger partial charge >= 0.3 is 0 Å². The SMILES string of the molecule is Cc1nn(C)c(NC(=O)c2cccc(Cl)c2C)c1N. The monoisotopic (exact) mass is 278 g/mol. The molecule has 3 N–H and O–H groups in total. The van der Waals surface area contributed by atoms with Crippen LogP contribution in [0.25, 0.3) is 0 Å². The topological polar surface area (TPSA) is 72.9 Å². The van der Waals surface area contributed by atoms with Crippen molar-refractivity contribution < 1.29 is 4.79 Å². The minimum atomic E-state index is -0.255. The van der Waals surface area contributed by atoms with Gasteiger partial charge in [0.15, 0.2) is 5.82 Å². The third kappa shape index (κ3) is 2.42. The molecule has 0 fully saturated rings. The van der Waals surface area contributed by atoms with E-state index in [0.717, 1.165) is 5.56 Å². The van der Waals surface area contributed by atoms with Gasteiger partial charge in [0, 0.05) is 17.6 Å². The first-order valence-electron chi connectivity index (χ1n) is 5.77. The second-order valence-electron chi connectivity index (χ2n) is 4.34. The molecular formula is C13H15ClN4O. The van der Waals surface area contributed by atoms with Gasteiger partial charge in [-0.1, -0.05) is 17.7 Å². The van der Waals surface area contributed by atoms with Gasteiger partial charge in [0.25, 0.3) is 5.91 Å². The smallest absolute Gasteiger partial charge is 0.257 e. The van der Waals surface area contributed by atoms with E-state index in [9.17, 15) is 4.79 Å². The van der Waals surface area contributed by atoms with Crippen LogP contribution in [0.15, 0.2) is 18.2 Å². The molecule has 0 aliphatic carbocycles. The number of nitrogens with zero attached hydrogens (tertiary/aromatic N) is 2. The molecule has 0 atom stereocenters. The number of aromatic nitrogens is 2. The first kappa shape index (κ1) is 13.4. The lowest BCUT2D eigenvalue weighted by atomic mass is 10.1. The van der Waals surface area contributed by atoms with Crippen molar-refractivity contribution in [3.8, 4) is 0 Å². The molecule has 1 heterocycles. The fourth-order valence-electron chi connectivity index (χ4n) is 1.85. The Kier molecular flexibility index (Phi) is 3.48. The van der Waals surface area contributed by atoms with Crippen LogP contribution in [0.1, 0.15) is 21.6 Å². The second-order valence-corrected chi connectivity index (χ2v) is 4.75. The number of benzene rings is 1. The molecular weight excluding hydrogens is 264 g/mol. The lowest BCUT2D eigenvalue weighted by molar-refractivity contribution is 0.102. The van der Waals surface area contributed by atoms with Crippen LogP contribution in [0.4, 0.5) is 11.5 Å². The molecule has 6 heteroatoms. The maximum atomic E-state index is 12.2. The highest BCUT2D eigenvalue weighted by molar-refractivity contribution is 6.32. The summed E-state index contributed by atoms with van der Waals surface area (Å²) in [5, 5.41) is 7.47. The average Bonchev–Trinajstić information content (AvgIpc) is 2.59. The highest BCUT2D eigenvalue weighted by Gasteiger charge is 2.16. The molecule has 1 aromatic carbocycles. The van der Waals surface area contributed by atoms with E-state index in [1.54, 1.807) is 43.8 Å². The van der Waals surface area contributed by atoms with Crippen molar-refractivity contribution in [3.63, 3.8) is 0 Å². The van der Waals surface area contributed by atoms with Crippen molar-refractivity contribution in [3.05, 3.63) is 40.0 Å². The number of hydrogen-bond donors (Lipinski definition) is 2. The molecule has 5 nitrogen and oxygen atoms in total. The maximum absolute atomic E-state index is 12.2. The summed E-state index contributed by atoms with van der Waals surface area (Å²) in [5.74, 6) is 0.233. The minimum absolute atomic E-state index is 0.255. The number of carbonyl (C=O) groups excluding carboxylic acids is 1. The number of aryl methyl sites for hydroxylation is 2. The Labute approximate surface area is 116 Å². The van der Waals surface area contributed by atoms with Gasteiger partial charge in [0.1, 0.15) is 0 Å². The Hall–Kier alpha value is -2.01. The molecule has 0 bridgehead atoms. The van der Waals surface area contributed by atoms with Gasteiger partial charge in [0.2, 0.25) is 0 Å². The fraction of sp³-hybridized carbons (Fsp3) is 0.231. The van der Waals surface area contributed by atoms with Crippen LogP contribution >= 0.6 is 11.6 Å². The fourth-order valence-corrected chi connectivity index (χ4v) is 2.03. The highest BCUT2D eigenvalue weighted by atomic mass is 35.5. The zero-order chi connectivity index (χ0) is 14.2. The average molecular weight is 279 g/mol. The van der Waals surface area contributed by atoms with E-state index in [1.165, 1.54) is 0 Å². The van der Waals surface area contributed by atoms with Crippen molar-refractivity contribution in [2.24, 2.45) is 7.05 Å². The first-order chi connectivity index (χ1) is 8.91. The molecule has 100 valence electrons. The van der Waals surface area contributed by atoms with Gasteiger partial charge in [-0.25, -0.2) is 0 Å². The summed E-state index contributed by atoms with van der Waals surface area (Å²) in [7, 11) is 1.73. The molecule has 19 heavy (non-hydrogen) atoms. The van der Waals surface area contributed by atoms with Gasteiger partial charge in [-0.05, 0) is 31.5 Å². The predicted molar refractivity (Wildman–Crippen MR) is 76.5 cm³/mol. The summed E-state index contributed by atoms with van der Waals surface area (Å²) >= 11 is 6.01. The zero-order valence-electron chi connectivity index (χ0n) is 11.0. The molecule has 0 aliphatic rings. The largest absolute Gasteiger partial charge is 0.394 e. The molecule has 0 saturated carbocycles. The summed E-state index contributed by atoms with van der Waals surface area (Å²) in [6.07, 6.45) is 0. The predicted octanol–water partition coefficient (Wildman–Crippen LogP) is 2.52. The van der Waals surface area contributed by atoms with Crippen LogP contribution in [-0.4, -0.2) is 15.7 Å². The number of nitrogens with two attached hydrogens (primary N) is 1. The number of nitrogens with one attached hydrogen (secondary N) is 1. The third-order valence-electron chi connectivity index (χ3n) is 3.01. The van der Waals surface area contributed by atoms with Crippen LogP contribution < -0.4 is 11.1 Å². The number of nitrogen functional groups attached to an aromatic ring is 1. The van der Waals surface area contributed by atoms with E-state index >= 15 is 0 Å². The van der Waals surface area contributed by atoms with Crippen molar-refractivity contribution in [1.29, 1.82) is 0 Å². The van der Waals surface area contributed by atoms with Crippen LogP contribution in [0.2, 0.25) is 5.02 Å². The van der Waals surface area contributed by atoms with Crippen molar-refractivity contribution in [2.75, 3.05) is 11.1 Å². The quantitative estimate of drug-likeness (QED) is 0.886. The van der Waals surface area contributed by atoms with Crippen molar-refractivity contribution in [1.82, 2.24) is 9.78 Å². The summed E-state index contributed by atoms with van der Waals surface area (Å²) in [5.41, 5.74) is 8.28. The Morgan fingerprint density at radius 1 is 1.42 bits per heavy atom. The van der Waals surface area contributed by atoms with E-state index in [1.807, 2.05) is 0 Å². The Balaban J connectivity index is 2.34. The minimum Gasteiger partial charge on any atom is -0.394 e. The number of amides is 1. The molecule has 1 aromatic heterocycles. The summed E-state index contributed by atoms with van der Waals surface area (Å²) in [4.78, 5) is 12.2. The van der Waals surface area contributed by atoms with Gasteiger partial charge in [-0.3, -0.25) is 9.48 Å². The number of hydrogen-bond acceptors (Lipinski definition) is 3. The van der Waals surface area contributed by atoms with Crippen LogP contribution in [0.5, 0.6) is 0 Å². The van der Waals surface area contributed by atoms with E-state index in [-0.39, 0.29) is 5.91 Å².